The van der Waals surface area contributed by atoms with E-state index in [0.29, 0.717) is 11.7 Å². The van der Waals surface area contributed by atoms with E-state index in [1.165, 1.54) is 0 Å². The summed E-state index contributed by atoms with van der Waals surface area (Å²) in [7, 11) is 0. The number of rotatable bonds is 1. The number of hydrogen-bond acceptors (Lipinski definition) is 1. The summed E-state index contributed by atoms with van der Waals surface area (Å²) >= 11 is 0. The molecule has 0 amide bonds. The molecule has 0 aromatic carbocycles. The maximum Gasteiger partial charge on any atom is 0.164 e. The lowest BCUT2D eigenvalue weighted by Gasteiger charge is -2.35. The van der Waals surface area contributed by atoms with Crippen LogP contribution in [0.15, 0.2) is 11.6 Å². The maximum absolute atomic E-state index is 11.7. The van der Waals surface area contributed by atoms with E-state index in [4.69, 9.17) is 0 Å². The molecule has 68 valence electrons. The lowest BCUT2D eigenvalue weighted by Crippen LogP contribution is -2.36. The fourth-order valence-corrected chi connectivity index (χ4v) is 2.08. The van der Waals surface area contributed by atoms with Gasteiger partial charge in [0.25, 0.3) is 0 Å². The van der Waals surface area contributed by atoms with Crippen molar-refractivity contribution >= 4 is 5.78 Å². The molecule has 12 heavy (non-hydrogen) atoms. The Bertz CT molecular complexity index is 223. The first-order valence-corrected chi connectivity index (χ1v) is 4.71. The molecule has 0 aromatic rings. The number of hydrogen-bond donors (Lipinski definition) is 0. The largest absolute Gasteiger partial charge is 0.294 e. The van der Waals surface area contributed by atoms with Gasteiger partial charge in [-0.3, -0.25) is 4.79 Å². The van der Waals surface area contributed by atoms with Crippen molar-refractivity contribution in [3.63, 3.8) is 0 Å². The predicted molar refractivity (Wildman–Crippen MR) is 50.9 cm³/mol. The Labute approximate surface area is 74.9 Å². The summed E-state index contributed by atoms with van der Waals surface area (Å²) in [6, 6.07) is 0. The van der Waals surface area contributed by atoms with E-state index in [0.717, 1.165) is 18.4 Å². The van der Waals surface area contributed by atoms with E-state index in [1.807, 2.05) is 6.92 Å². The van der Waals surface area contributed by atoms with Crippen molar-refractivity contribution in [3.05, 3.63) is 11.6 Å². The zero-order chi connectivity index (χ0) is 9.35. The Balaban J connectivity index is 2.96. The molecule has 1 nitrogen and oxygen atoms in total. The van der Waals surface area contributed by atoms with Gasteiger partial charge in [-0.2, -0.15) is 0 Å². The summed E-state index contributed by atoms with van der Waals surface area (Å²) in [5.74, 6) is 0.870. The minimum atomic E-state index is -0.131. The molecule has 1 aliphatic carbocycles. The summed E-state index contributed by atoms with van der Waals surface area (Å²) in [5.41, 5.74) is 0.817. The van der Waals surface area contributed by atoms with Crippen molar-refractivity contribution in [2.45, 2.75) is 40.5 Å². The summed E-state index contributed by atoms with van der Waals surface area (Å²) in [5, 5.41) is 0. The molecule has 0 aliphatic heterocycles. The minimum absolute atomic E-state index is 0.131. The monoisotopic (exact) mass is 166 g/mol. The average molecular weight is 166 g/mol. The van der Waals surface area contributed by atoms with Gasteiger partial charge in [-0.1, -0.05) is 33.3 Å². The molecule has 0 aromatic heterocycles. The molecule has 0 heterocycles. The van der Waals surface area contributed by atoms with E-state index in [9.17, 15) is 4.79 Å². The van der Waals surface area contributed by atoms with Crippen LogP contribution in [0.25, 0.3) is 0 Å². The normalized spacial score (nSPS) is 28.5. The lowest BCUT2D eigenvalue weighted by atomic mass is 9.67. The number of carbonyl (C=O) groups excluding carboxylic acids is 1. The highest BCUT2D eigenvalue weighted by Gasteiger charge is 2.37. The molecule has 1 aliphatic rings. The summed E-state index contributed by atoms with van der Waals surface area (Å²) in [4.78, 5) is 11.7. The van der Waals surface area contributed by atoms with Gasteiger partial charge in [0, 0.05) is 5.41 Å². The van der Waals surface area contributed by atoms with Gasteiger partial charge in [0.1, 0.15) is 0 Å². The molecule has 0 radical (unpaired) electrons. The van der Waals surface area contributed by atoms with Crippen molar-refractivity contribution in [2.24, 2.45) is 11.3 Å². The number of allylic oxidation sites excluding steroid dienone is 2. The second-order valence-corrected chi connectivity index (χ2v) is 4.28. The maximum atomic E-state index is 11.7. The second-order valence-electron chi connectivity index (χ2n) is 4.28. The third-order valence-electron chi connectivity index (χ3n) is 3.17. The van der Waals surface area contributed by atoms with Gasteiger partial charge in [0.2, 0.25) is 0 Å². The van der Waals surface area contributed by atoms with Crippen molar-refractivity contribution in [2.75, 3.05) is 0 Å². The van der Waals surface area contributed by atoms with Gasteiger partial charge in [0.15, 0.2) is 5.78 Å². The quantitative estimate of drug-likeness (QED) is 0.585. The van der Waals surface area contributed by atoms with Crippen LogP contribution in [0.3, 0.4) is 0 Å². The first kappa shape index (κ1) is 9.50. The van der Waals surface area contributed by atoms with Crippen molar-refractivity contribution < 1.29 is 4.79 Å². The molecule has 0 unspecified atom stereocenters. The molecule has 0 fully saturated rings. The number of carbonyl (C=O) groups is 1. The van der Waals surface area contributed by atoms with E-state index in [1.54, 1.807) is 0 Å². The molecule has 1 atom stereocenters. The van der Waals surface area contributed by atoms with Crippen LogP contribution in [-0.4, -0.2) is 5.78 Å². The van der Waals surface area contributed by atoms with Gasteiger partial charge in [-0.25, -0.2) is 0 Å². The van der Waals surface area contributed by atoms with Gasteiger partial charge >= 0.3 is 0 Å². The van der Waals surface area contributed by atoms with E-state index < -0.39 is 0 Å². The third kappa shape index (κ3) is 1.33. The molecular weight excluding hydrogens is 148 g/mol. The van der Waals surface area contributed by atoms with E-state index in [2.05, 4.69) is 26.8 Å². The Kier molecular flexibility index (Phi) is 2.41. The van der Waals surface area contributed by atoms with Crippen LogP contribution in [0, 0.1) is 11.3 Å². The van der Waals surface area contributed by atoms with Gasteiger partial charge < -0.3 is 0 Å². The van der Waals surface area contributed by atoms with E-state index >= 15 is 0 Å². The van der Waals surface area contributed by atoms with Crippen molar-refractivity contribution in [3.8, 4) is 0 Å². The van der Waals surface area contributed by atoms with Crippen LogP contribution in [0.4, 0.5) is 0 Å². The first-order valence-electron chi connectivity index (χ1n) is 4.71. The Morgan fingerprint density at radius 3 is 2.67 bits per heavy atom. The second kappa shape index (κ2) is 3.04. The van der Waals surface area contributed by atoms with Crippen molar-refractivity contribution in [1.29, 1.82) is 0 Å². The first-order chi connectivity index (χ1) is 5.50. The smallest absolute Gasteiger partial charge is 0.164 e. The van der Waals surface area contributed by atoms with Crippen LogP contribution < -0.4 is 0 Å². The molecule has 0 bridgehead atoms. The highest BCUT2D eigenvalue weighted by molar-refractivity contribution is 5.99. The van der Waals surface area contributed by atoms with Gasteiger partial charge in [-0.15, -0.1) is 0 Å². The Morgan fingerprint density at radius 2 is 2.17 bits per heavy atom. The standard InChI is InChI=1S/C11H18O/c1-5-9-7-6-8(2)10(12)11(9,3)4/h6,9H,5,7H2,1-4H3/t9-/m0/s1. The fraction of sp³-hybridized carbons (Fsp3) is 0.727. The molecule has 0 saturated heterocycles. The van der Waals surface area contributed by atoms with Crippen LogP contribution >= 0.6 is 0 Å². The fourth-order valence-electron chi connectivity index (χ4n) is 2.08. The molecular formula is C11H18O. The van der Waals surface area contributed by atoms with Gasteiger partial charge in [0.05, 0.1) is 0 Å². The zero-order valence-corrected chi connectivity index (χ0v) is 8.48. The minimum Gasteiger partial charge on any atom is -0.294 e. The molecule has 0 saturated carbocycles. The highest BCUT2D eigenvalue weighted by Crippen LogP contribution is 2.39. The summed E-state index contributed by atoms with van der Waals surface area (Å²) in [6.45, 7) is 8.23. The Morgan fingerprint density at radius 1 is 1.58 bits per heavy atom. The highest BCUT2D eigenvalue weighted by atomic mass is 16.1. The lowest BCUT2D eigenvalue weighted by molar-refractivity contribution is -0.126. The number of ketones is 1. The van der Waals surface area contributed by atoms with Gasteiger partial charge in [-0.05, 0) is 24.8 Å². The summed E-state index contributed by atoms with van der Waals surface area (Å²) < 4.78 is 0. The number of Topliss-reactive ketones (excluding diaryl/α,β-unsaturated/α-hetero) is 1. The van der Waals surface area contributed by atoms with Crippen LogP contribution in [0.1, 0.15) is 40.5 Å². The van der Waals surface area contributed by atoms with Crippen LogP contribution in [-0.2, 0) is 4.79 Å². The average Bonchev–Trinajstić information content (AvgIpc) is 2.01. The molecule has 0 spiro atoms. The zero-order valence-electron chi connectivity index (χ0n) is 8.48. The summed E-state index contributed by atoms with van der Waals surface area (Å²) in [6.07, 6.45) is 4.26. The van der Waals surface area contributed by atoms with Crippen LogP contribution in [0.2, 0.25) is 0 Å². The topological polar surface area (TPSA) is 17.1 Å². The molecule has 1 rings (SSSR count). The molecule has 0 N–H and O–H groups in total. The van der Waals surface area contributed by atoms with E-state index in [-0.39, 0.29) is 5.41 Å². The third-order valence-corrected chi connectivity index (χ3v) is 3.17. The van der Waals surface area contributed by atoms with Crippen molar-refractivity contribution in [1.82, 2.24) is 0 Å². The Hall–Kier alpha value is -0.590. The SMILES string of the molecule is CC[C@H]1CC=C(C)C(=O)C1(C)C. The predicted octanol–water partition coefficient (Wildman–Crippen LogP) is 2.96. The van der Waals surface area contributed by atoms with Crippen LogP contribution in [0.5, 0.6) is 0 Å². The molecule has 1 heteroatoms.